The van der Waals surface area contributed by atoms with Gasteiger partial charge in [-0.1, -0.05) is 221 Å². The van der Waals surface area contributed by atoms with Crippen LogP contribution in [0.4, 0.5) is 0 Å². The van der Waals surface area contributed by atoms with Crippen molar-refractivity contribution >= 4 is 17.9 Å². The van der Waals surface area contributed by atoms with Crippen molar-refractivity contribution in [2.45, 2.75) is 265 Å². The SMILES string of the molecule is CCCCCCCCCCCCCC(=O)O[C@@H](COC(=O)CCCCCCCCCCCCCC(C)C)COC(=O)CCCCCCCCCCC(C)C. The quantitative estimate of drug-likeness (QED) is 0.0350. The number of ether oxygens (including phenoxy) is 3. The first-order valence-electron chi connectivity index (χ1n) is 23.7. The molecular formula is C48H92O6. The Kier molecular flexibility index (Phi) is 39.8. The van der Waals surface area contributed by atoms with E-state index in [1.807, 2.05) is 0 Å². The molecule has 0 unspecified atom stereocenters. The molecular weight excluding hydrogens is 673 g/mol. The third-order valence-corrected chi connectivity index (χ3v) is 10.7. The van der Waals surface area contributed by atoms with Gasteiger partial charge in [0, 0.05) is 19.3 Å². The number of esters is 3. The normalized spacial score (nSPS) is 12.1. The highest BCUT2D eigenvalue weighted by Crippen LogP contribution is 2.17. The Labute approximate surface area is 336 Å². The summed E-state index contributed by atoms with van der Waals surface area (Å²) in [4.78, 5) is 37.7. The topological polar surface area (TPSA) is 78.9 Å². The first kappa shape index (κ1) is 52.4. The van der Waals surface area contributed by atoms with E-state index in [4.69, 9.17) is 14.2 Å². The van der Waals surface area contributed by atoms with Crippen LogP contribution in [0.2, 0.25) is 0 Å². The molecule has 6 heteroatoms. The van der Waals surface area contributed by atoms with Gasteiger partial charge >= 0.3 is 17.9 Å². The number of carbonyl (C=O) groups is 3. The van der Waals surface area contributed by atoms with Gasteiger partial charge in [-0.25, -0.2) is 0 Å². The van der Waals surface area contributed by atoms with Crippen LogP contribution in [0.25, 0.3) is 0 Å². The first-order chi connectivity index (χ1) is 26.2. The van der Waals surface area contributed by atoms with E-state index < -0.39 is 6.10 Å². The molecule has 0 aromatic rings. The fourth-order valence-corrected chi connectivity index (χ4v) is 7.11. The summed E-state index contributed by atoms with van der Waals surface area (Å²) in [6, 6.07) is 0. The molecule has 0 fully saturated rings. The Morgan fingerprint density at radius 1 is 0.352 bits per heavy atom. The van der Waals surface area contributed by atoms with E-state index in [2.05, 4.69) is 34.6 Å². The van der Waals surface area contributed by atoms with Crippen molar-refractivity contribution < 1.29 is 28.6 Å². The maximum absolute atomic E-state index is 12.7. The van der Waals surface area contributed by atoms with Crippen molar-refractivity contribution in [1.82, 2.24) is 0 Å². The minimum absolute atomic E-state index is 0.0647. The van der Waals surface area contributed by atoms with E-state index in [1.54, 1.807) is 0 Å². The van der Waals surface area contributed by atoms with Crippen molar-refractivity contribution in [3.8, 4) is 0 Å². The monoisotopic (exact) mass is 765 g/mol. The molecule has 0 amide bonds. The van der Waals surface area contributed by atoms with Gasteiger partial charge in [-0.05, 0) is 31.1 Å². The molecule has 0 saturated carbocycles. The fourth-order valence-electron chi connectivity index (χ4n) is 7.11. The van der Waals surface area contributed by atoms with Crippen molar-refractivity contribution in [3.63, 3.8) is 0 Å². The molecule has 6 nitrogen and oxygen atoms in total. The Morgan fingerprint density at radius 3 is 0.907 bits per heavy atom. The summed E-state index contributed by atoms with van der Waals surface area (Å²) in [6.07, 6.45) is 39.4. The number of rotatable bonds is 42. The Morgan fingerprint density at radius 2 is 0.611 bits per heavy atom. The number of unbranched alkanes of at least 4 members (excludes halogenated alkanes) is 27. The van der Waals surface area contributed by atoms with Gasteiger partial charge in [0.05, 0.1) is 0 Å². The average molecular weight is 765 g/mol. The highest BCUT2D eigenvalue weighted by atomic mass is 16.6. The molecule has 0 heterocycles. The van der Waals surface area contributed by atoms with E-state index in [9.17, 15) is 14.4 Å². The standard InChI is InChI=1S/C48H92O6/c1-6-7-8-9-10-11-13-18-25-30-35-40-48(51)54-45(42-53-47(50)39-34-29-24-20-19-22-27-32-37-44(4)5)41-52-46(49)38-33-28-23-17-15-12-14-16-21-26-31-36-43(2)3/h43-45H,6-42H2,1-5H3/t45-/m0/s1. The average Bonchev–Trinajstić information content (AvgIpc) is 3.14. The van der Waals surface area contributed by atoms with E-state index in [0.717, 1.165) is 69.6 Å². The minimum atomic E-state index is -0.760. The Hall–Kier alpha value is -1.59. The van der Waals surface area contributed by atoms with Crippen LogP contribution in [0, 0.1) is 11.8 Å². The molecule has 0 aliphatic carbocycles. The highest BCUT2D eigenvalue weighted by molar-refractivity contribution is 5.71. The molecule has 54 heavy (non-hydrogen) atoms. The summed E-state index contributed by atoms with van der Waals surface area (Å²) in [5, 5.41) is 0. The summed E-state index contributed by atoms with van der Waals surface area (Å²) >= 11 is 0. The van der Waals surface area contributed by atoms with Crippen molar-refractivity contribution in [3.05, 3.63) is 0 Å². The molecule has 0 rings (SSSR count). The van der Waals surface area contributed by atoms with Gasteiger partial charge in [0.2, 0.25) is 0 Å². The van der Waals surface area contributed by atoms with Gasteiger partial charge in [0.15, 0.2) is 6.10 Å². The lowest BCUT2D eigenvalue weighted by molar-refractivity contribution is -0.167. The summed E-state index contributed by atoms with van der Waals surface area (Å²) < 4.78 is 16.7. The van der Waals surface area contributed by atoms with E-state index in [-0.39, 0.29) is 31.1 Å². The smallest absolute Gasteiger partial charge is 0.306 e. The van der Waals surface area contributed by atoms with Crippen LogP contribution in [-0.4, -0.2) is 37.2 Å². The molecule has 0 radical (unpaired) electrons. The lowest BCUT2D eigenvalue weighted by Crippen LogP contribution is -2.30. The van der Waals surface area contributed by atoms with Crippen molar-refractivity contribution in [1.29, 1.82) is 0 Å². The van der Waals surface area contributed by atoms with Crippen LogP contribution in [0.1, 0.15) is 259 Å². The molecule has 0 aliphatic heterocycles. The van der Waals surface area contributed by atoms with Crippen LogP contribution in [0.3, 0.4) is 0 Å². The summed E-state index contributed by atoms with van der Waals surface area (Å²) in [5.74, 6) is 0.767. The van der Waals surface area contributed by atoms with E-state index in [1.165, 1.54) is 148 Å². The Balaban J connectivity index is 4.32. The third kappa shape index (κ3) is 41.6. The van der Waals surface area contributed by atoms with Crippen LogP contribution < -0.4 is 0 Å². The lowest BCUT2D eigenvalue weighted by atomic mass is 10.0. The summed E-state index contributed by atoms with van der Waals surface area (Å²) in [5.41, 5.74) is 0. The second-order valence-corrected chi connectivity index (χ2v) is 17.3. The van der Waals surface area contributed by atoms with Gasteiger partial charge in [-0.15, -0.1) is 0 Å². The van der Waals surface area contributed by atoms with Gasteiger partial charge in [0.1, 0.15) is 13.2 Å². The maximum atomic E-state index is 12.7. The highest BCUT2D eigenvalue weighted by Gasteiger charge is 2.19. The van der Waals surface area contributed by atoms with Gasteiger partial charge in [-0.2, -0.15) is 0 Å². The Bertz CT molecular complexity index is 824. The molecule has 320 valence electrons. The van der Waals surface area contributed by atoms with Crippen LogP contribution in [0.15, 0.2) is 0 Å². The molecule has 1 atom stereocenters. The summed E-state index contributed by atoms with van der Waals surface area (Å²) in [7, 11) is 0. The molecule has 0 spiro atoms. The molecule has 0 aromatic carbocycles. The van der Waals surface area contributed by atoms with Gasteiger partial charge in [0.25, 0.3) is 0 Å². The third-order valence-electron chi connectivity index (χ3n) is 10.7. The number of carbonyl (C=O) groups excluding carboxylic acids is 3. The molecule has 0 aliphatic rings. The minimum Gasteiger partial charge on any atom is -0.462 e. The fraction of sp³-hybridized carbons (Fsp3) is 0.938. The zero-order valence-corrected chi connectivity index (χ0v) is 36.8. The lowest BCUT2D eigenvalue weighted by Gasteiger charge is -2.18. The second-order valence-electron chi connectivity index (χ2n) is 17.3. The zero-order chi connectivity index (χ0) is 39.7. The molecule has 0 saturated heterocycles. The predicted molar refractivity (Wildman–Crippen MR) is 229 cm³/mol. The van der Waals surface area contributed by atoms with Crippen LogP contribution in [0.5, 0.6) is 0 Å². The van der Waals surface area contributed by atoms with Crippen LogP contribution >= 0.6 is 0 Å². The van der Waals surface area contributed by atoms with Crippen molar-refractivity contribution in [2.75, 3.05) is 13.2 Å². The number of hydrogen-bond acceptors (Lipinski definition) is 6. The second kappa shape index (κ2) is 41.1. The van der Waals surface area contributed by atoms with E-state index in [0.29, 0.717) is 19.3 Å². The summed E-state index contributed by atoms with van der Waals surface area (Å²) in [6.45, 7) is 11.3. The largest absolute Gasteiger partial charge is 0.462 e. The molecule has 0 bridgehead atoms. The van der Waals surface area contributed by atoms with Crippen LogP contribution in [-0.2, 0) is 28.6 Å². The molecule has 0 aromatic heterocycles. The van der Waals surface area contributed by atoms with Gasteiger partial charge < -0.3 is 14.2 Å². The van der Waals surface area contributed by atoms with Gasteiger partial charge in [-0.3, -0.25) is 14.4 Å². The first-order valence-corrected chi connectivity index (χ1v) is 23.7. The molecule has 0 N–H and O–H groups in total. The zero-order valence-electron chi connectivity index (χ0n) is 36.8. The van der Waals surface area contributed by atoms with Crippen molar-refractivity contribution in [2.24, 2.45) is 11.8 Å². The van der Waals surface area contributed by atoms with E-state index >= 15 is 0 Å². The maximum Gasteiger partial charge on any atom is 0.306 e. The predicted octanol–water partition coefficient (Wildman–Crippen LogP) is 15.0. The number of hydrogen-bond donors (Lipinski definition) is 0.